The second kappa shape index (κ2) is 7.91. The number of carbonyl (C=O) groups excluding carboxylic acids is 1. The molecular formula is C17H25NO3. The Morgan fingerprint density at radius 2 is 2.05 bits per heavy atom. The number of benzene rings is 1. The molecule has 21 heavy (non-hydrogen) atoms. The lowest BCUT2D eigenvalue weighted by molar-refractivity contribution is -0.121. The molecule has 0 bridgehead atoms. The van der Waals surface area contributed by atoms with Crippen molar-refractivity contribution in [3.8, 4) is 11.5 Å². The molecule has 0 saturated heterocycles. The van der Waals surface area contributed by atoms with E-state index in [9.17, 15) is 4.79 Å². The lowest BCUT2D eigenvalue weighted by Gasteiger charge is -2.13. The van der Waals surface area contributed by atoms with Crippen LogP contribution >= 0.6 is 0 Å². The highest BCUT2D eigenvalue weighted by Crippen LogP contribution is 2.28. The van der Waals surface area contributed by atoms with Gasteiger partial charge in [0, 0.05) is 12.5 Å². The molecule has 116 valence electrons. The SMILES string of the molecule is CCOc1ccc(CCC(=O)NC2CCCC2)cc1OC. The van der Waals surface area contributed by atoms with Crippen molar-refractivity contribution in [3.05, 3.63) is 23.8 Å². The van der Waals surface area contributed by atoms with Gasteiger partial charge in [-0.3, -0.25) is 4.79 Å². The molecule has 4 heteroatoms. The van der Waals surface area contributed by atoms with Crippen LogP contribution in [0.1, 0.15) is 44.6 Å². The van der Waals surface area contributed by atoms with Crippen LogP contribution in [0, 0.1) is 0 Å². The van der Waals surface area contributed by atoms with Crippen molar-refractivity contribution in [2.45, 2.75) is 51.5 Å². The van der Waals surface area contributed by atoms with Crippen LogP contribution in [0.4, 0.5) is 0 Å². The molecule has 0 spiro atoms. The summed E-state index contributed by atoms with van der Waals surface area (Å²) >= 11 is 0. The zero-order chi connectivity index (χ0) is 15.1. The van der Waals surface area contributed by atoms with Gasteiger partial charge in [-0.1, -0.05) is 18.9 Å². The van der Waals surface area contributed by atoms with Crippen LogP contribution in [0.2, 0.25) is 0 Å². The van der Waals surface area contributed by atoms with Crippen LogP contribution in [0.15, 0.2) is 18.2 Å². The third-order valence-electron chi connectivity index (χ3n) is 3.89. The summed E-state index contributed by atoms with van der Waals surface area (Å²) in [6, 6.07) is 6.25. The molecule has 2 rings (SSSR count). The fourth-order valence-corrected chi connectivity index (χ4v) is 2.77. The van der Waals surface area contributed by atoms with Gasteiger partial charge >= 0.3 is 0 Å². The third kappa shape index (κ3) is 4.66. The van der Waals surface area contributed by atoms with Gasteiger partial charge in [-0.05, 0) is 43.9 Å². The number of amides is 1. The molecule has 1 aromatic carbocycles. The van der Waals surface area contributed by atoms with E-state index in [1.165, 1.54) is 12.8 Å². The molecule has 0 unspecified atom stereocenters. The Balaban J connectivity index is 1.85. The minimum atomic E-state index is 0.148. The quantitative estimate of drug-likeness (QED) is 0.840. The molecule has 1 aliphatic carbocycles. The molecule has 1 saturated carbocycles. The first-order valence-electron chi connectivity index (χ1n) is 7.82. The van der Waals surface area contributed by atoms with E-state index < -0.39 is 0 Å². The number of aryl methyl sites for hydroxylation is 1. The Morgan fingerprint density at radius 3 is 2.71 bits per heavy atom. The number of methoxy groups -OCH3 is 1. The average molecular weight is 291 g/mol. The van der Waals surface area contributed by atoms with E-state index in [1.807, 2.05) is 25.1 Å². The van der Waals surface area contributed by atoms with Crippen molar-refractivity contribution in [3.63, 3.8) is 0 Å². The summed E-state index contributed by atoms with van der Waals surface area (Å²) in [5.74, 6) is 1.62. The van der Waals surface area contributed by atoms with Gasteiger partial charge in [0.1, 0.15) is 0 Å². The molecule has 1 N–H and O–H groups in total. The van der Waals surface area contributed by atoms with E-state index >= 15 is 0 Å². The first-order valence-corrected chi connectivity index (χ1v) is 7.82. The predicted molar refractivity (Wildman–Crippen MR) is 82.9 cm³/mol. The summed E-state index contributed by atoms with van der Waals surface area (Å²) < 4.78 is 10.8. The summed E-state index contributed by atoms with van der Waals surface area (Å²) in [5, 5.41) is 3.11. The lowest BCUT2D eigenvalue weighted by Crippen LogP contribution is -2.32. The molecule has 0 atom stereocenters. The molecule has 1 amide bonds. The molecule has 1 fully saturated rings. The molecule has 1 aliphatic rings. The van der Waals surface area contributed by atoms with Crippen LogP contribution in [-0.4, -0.2) is 25.7 Å². The van der Waals surface area contributed by atoms with Crippen molar-refractivity contribution in [2.24, 2.45) is 0 Å². The zero-order valence-corrected chi connectivity index (χ0v) is 13.0. The normalized spacial score (nSPS) is 15.0. The molecule has 0 aromatic heterocycles. The lowest BCUT2D eigenvalue weighted by atomic mass is 10.1. The highest BCUT2D eigenvalue weighted by molar-refractivity contribution is 5.76. The zero-order valence-electron chi connectivity index (χ0n) is 13.0. The predicted octanol–water partition coefficient (Wildman–Crippen LogP) is 3.09. The minimum Gasteiger partial charge on any atom is -0.493 e. The van der Waals surface area contributed by atoms with Crippen molar-refractivity contribution in [2.75, 3.05) is 13.7 Å². The molecule has 0 radical (unpaired) electrons. The standard InChI is InChI=1S/C17H25NO3/c1-3-21-15-10-8-13(12-16(15)20-2)9-11-17(19)18-14-6-4-5-7-14/h8,10,12,14H,3-7,9,11H2,1-2H3,(H,18,19). The van der Waals surface area contributed by atoms with Gasteiger partial charge in [0.05, 0.1) is 13.7 Å². The van der Waals surface area contributed by atoms with Crippen LogP contribution in [0.5, 0.6) is 11.5 Å². The Bertz CT molecular complexity index is 467. The van der Waals surface area contributed by atoms with Crippen molar-refractivity contribution >= 4 is 5.91 Å². The largest absolute Gasteiger partial charge is 0.493 e. The Morgan fingerprint density at radius 1 is 1.29 bits per heavy atom. The summed E-state index contributed by atoms with van der Waals surface area (Å²) in [4.78, 5) is 11.9. The fraction of sp³-hybridized carbons (Fsp3) is 0.588. The summed E-state index contributed by atoms with van der Waals surface area (Å²) in [7, 11) is 1.63. The molecule has 0 aliphatic heterocycles. The van der Waals surface area contributed by atoms with Crippen molar-refractivity contribution < 1.29 is 14.3 Å². The second-order valence-electron chi connectivity index (χ2n) is 5.47. The van der Waals surface area contributed by atoms with E-state index in [4.69, 9.17) is 9.47 Å². The topological polar surface area (TPSA) is 47.6 Å². The second-order valence-corrected chi connectivity index (χ2v) is 5.47. The van der Waals surface area contributed by atoms with Crippen molar-refractivity contribution in [1.82, 2.24) is 5.32 Å². The Hall–Kier alpha value is -1.71. The molecular weight excluding hydrogens is 266 g/mol. The van der Waals surface area contributed by atoms with E-state index in [1.54, 1.807) is 7.11 Å². The number of nitrogens with one attached hydrogen (secondary N) is 1. The van der Waals surface area contributed by atoms with Gasteiger partial charge in [-0.15, -0.1) is 0 Å². The van der Waals surface area contributed by atoms with Gasteiger partial charge in [-0.2, -0.15) is 0 Å². The monoisotopic (exact) mass is 291 g/mol. The number of hydrogen-bond donors (Lipinski definition) is 1. The van der Waals surface area contributed by atoms with Crippen LogP contribution in [0.25, 0.3) is 0 Å². The van der Waals surface area contributed by atoms with Gasteiger partial charge in [0.25, 0.3) is 0 Å². The van der Waals surface area contributed by atoms with Crippen LogP contribution in [0.3, 0.4) is 0 Å². The van der Waals surface area contributed by atoms with Gasteiger partial charge in [-0.25, -0.2) is 0 Å². The van der Waals surface area contributed by atoms with Crippen LogP contribution < -0.4 is 14.8 Å². The number of carbonyl (C=O) groups is 1. The average Bonchev–Trinajstić information content (AvgIpc) is 2.99. The number of ether oxygens (including phenoxy) is 2. The maximum atomic E-state index is 11.9. The summed E-state index contributed by atoms with van der Waals surface area (Å²) in [6.07, 6.45) is 5.97. The highest BCUT2D eigenvalue weighted by Gasteiger charge is 2.16. The van der Waals surface area contributed by atoms with Crippen molar-refractivity contribution in [1.29, 1.82) is 0 Å². The van der Waals surface area contributed by atoms with E-state index in [-0.39, 0.29) is 5.91 Å². The third-order valence-corrected chi connectivity index (χ3v) is 3.89. The maximum absolute atomic E-state index is 11.9. The van der Waals surface area contributed by atoms with Gasteiger partial charge in [0.15, 0.2) is 11.5 Å². The van der Waals surface area contributed by atoms with Gasteiger partial charge in [0.2, 0.25) is 5.91 Å². The molecule has 1 aromatic rings. The molecule has 4 nitrogen and oxygen atoms in total. The Labute approximate surface area is 126 Å². The molecule has 0 heterocycles. The Kier molecular flexibility index (Phi) is 5.90. The van der Waals surface area contributed by atoms with E-state index in [2.05, 4.69) is 5.32 Å². The summed E-state index contributed by atoms with van der Waals surface area (Å²) in [6.45, 7) is 2.56. The fourth-order valence-electron chi connectivity index (χ4n) is 2.77. The first-order chi connectivity index (χ1) is 10.2. The van der Waals surface area contributed by atoms with E-state index in [0.717, 1.165) is 36.3 Å². The smallest absolute Gasteiger partial charge is 0.220 e. The highest BCUT2D eigenvalue weighted by atomic mass is 16.5. The number of hydrogen-bond acceptors (Lipinski definition) is 3. The minimum absolute atomic E-state index is 0.148. The first kappa shape index (κ1) is 15.7. The van der Waals surface area contributed by atoms with Crippen LogP contribution in [-0.2, 0) is 11.2 Å². The van der Waals surface area contributed by atoms with Gasteiger partial charge < -0.3 is 14.8 Å². The number of rotatable bonds is 7. The summed E-state index contributed by atoms with van der Waals surface area (Å²) in [5.41, 5.74) is 1.09. The maximum Gasteiger partial charge on any atom is 0.220 e. The van der Waals surface area contributed by atoms with E-state index in [0.29, 0.717) is 19.1 Å².